The molecule has 1 aromatic rings. The second-order valence-electron chi connectivity index (χ2n) is 4.18. The molecule has 1 atom stereocenters. The lowest BCUT2D eigenvalue weighted by Crippen LogP contribution is -2.21. The van der Waals surface area contributed by atoms with E-state index < -0.39 is 0 Å². The molecule has 0 aromatic carbocycles. The third-order valence-electron chi connectivity index (χ3n) is 2.89. The summed E-state index contributed by atoms with van der Waals surface area (Å²) in [6.07, 6.45) is 5.37. The van der Waals surface area contributed by atoms with Crippen LogP contribution >= 0.6 is 11.3 Å². The van der Waals surface area contributed by atoms with E-state index in [2.05, 4.69) is 36.0 Å². The first-order chi connectivity index (χ1) is 7.36. The highest BCUT2D eigenvalue weighted by atomic mass is 32.1. The van der Waals surface area contributed by atoms with Gasteiger partial charge in [-0.1, -0.05) is 33.1 Å². The second kappa shape index (κ2) is 7.89. The summed E-state index contributed by atoms with van der Waals surface area (Å²) in [4.78, 5) is 0. The molecule has 15 heavy (non-hydrogen) atoms. The predicted molar refractivity (Wildman–Crippen MR) is 69.3 cm³/mol. The van der Waals surface area contributed by atoms with Crippen molar-refractivity contribution in [3.05, 3.63) is 22.4 Å². The Morgan fingerprint density at radius 1 is 1.40 bits per heavy atom. The fraction of sp³-hybridized carbons (Fsp3) is 0.692. The van der Waals surface area contributed by atoms with Crippen LogP contribution < -0.4 is 5.32 Å². The first-order valence-corrected chi connectivity index (χ1v) is 7.02. The fourth-order valence-electron chi connectivity index (χ4n) is 1.76. The van der Waals surface area contributed by atoms with E-state index in [1.807, 2.05) is 0 Å². The largest absolute Gasteiger partial charge is 0.312 e. The maximum Gasteiger partial charge on any atom is 0.0213 e. The zero-order valence-electron chi connectivity index (χ0n) is 9.96. The van der Waals surface area contributed by atoms with Crippen LogP contribution in [0.5, 0.6) is 0 Å². The van der Waals surface area contributed by atoms with Gasteiger partial charge in [0.2, 0.25) is 0 Å². The van der Waals surface area contributed by atoms with Crippen molar-refractivity contribution in [3.8, 4) is 0 Å². The van der Waals surface area contributed by atoms with Gasteiger partial charge >= 0.3 is 0 Å². The van der Waals surface area contributed by atoms with Gasteiger partial charge in [0.15, 0.2) is 0 Å². The number of unbranched alkanes of at least 4 members (excludes halogenated alkanes) is 1. The summed E-state index contributed by atoms with van der Waals surface area (Å²) in [5.74, 6) is 0.864. The SMILES string of the molecule is CCCC[C@H](CC)CNCc1ccsc1. The second-order valence-corrected chi connectivity index (χ2v) is 4.96. The molecule has 1 N–H and O–H groups in total. The molecule has 0 saturated carbocycles. The van der Waals surface area contributed by atoms with Crippen LogP contribution in [0.15, 0.2) is 16.8 Å². The number of nitrogens with one attached hydrogen (secondary N) is 1. The molecule has 0 fully saturated rings. The van der Waals surface area contributed by atoms with Gasteiger partial charge < -0.3 is 5.32 Å². The lowest BCUT2D eigenvalue weighted by atomic mass is 9.99. The van der Waals surface area contributed by atoms with E-state index >= 15 is 0 Å². The number of hydrogen-bond donors (Lipinski definition) is 1. The monoisotopic (exact) mass is 225 g/mol. The minimum absolute atomic E-state index is 0.864. The highest BCUT2D eigenvalue weighted by molar-refractivity contribution is 7.07. The van der Waals surface area contributed by atoms with Crippen LogP contribution in [0.3, 0.4) is 0 Å². The summed E-state index contributed by atoms with van der Waals surface area (Å²) >= 11 is 1.78. The first-order valence-electron chi connectivity index (χ1n) is 6.08. The van der Waals surface area contributed by atoms with Gasteiger partial charge in [0.1, 0.15) is 0 Å². The summed E-state index contributed by atoms with van der Waals surface area (Å²) in [5.41, 5.74) is 1.42. The van der Waals surface area contributed by atoms with E-state index in [1.54, 1.807) is 11.3 Å². The molecule has 0 radical (unpaired) electrons. The first kappa shape index (κ1) is 12.7. The fourth-order valence-corrected chi connectivity index (χ4v) is 2.43. The van der Waals surface area contributed by atoms with Gasteiger partial charge in [-0.25, -0.2) is 0 Å². The van der Waals surface area contributed by atoms with E-state index in [1.165, 1.54) is 37.8 Å². The zero-order valence-corrected chi connectivity index (χ0v) is 10.8. The summed E-state index contributed by atoms with van der Waals surface area (Å²) in [6, 6.07) is 2.20. The quantitative estimate of drug-likeness (QED) is 0.703. The third kappa shape index (κ3) is 5.33. The van der Waals surface area contributed by atoms with Crippen molar-refractivity contribution in [2.24, 2.45) is 5.92 Å². The van der Waals surface area contributed by atoms with Gasteiger partial charge in [-0.15, -0.1) is 0 Å². The van der Waals surface area contributed by atoms with Crippen molar-refractivity contribution in [1.29, 1.82) is 0 Å². The molecule has 2 heteroatoms. The smallest absolute Gasteiger partial charge is 0.0213 e. The molecule has 0 spiro atoms. The summed E-state index contributed by atoms with van der Waals surface area (Å²) < 4.78 is 0. The average Bonchev–Trinajstić information content (AvgIpc) is 2.76. The third-order valence-corrected chi connectivity index (χ3v) is 3.62. The van der Waals surface area contributed by atoms with Crippen molar-refractivity contribution in [2.45, 2.75) is 46.1 Å². The molecule has 0 unspecified atom stereocenters. The van der Waals surface area contributed by atoms with Crippen molar-refractivity contribution in [3.63, 3.8) is 0 Å². The van der Waals surface area contributed by atoms with Crippen LogP contribution in [0.2, 0.25) is 0 Å². The zero-order chi connectivity index (χ0) is 10.9. The molecular formula is C13H23NS. The Morgan fingerprint density at radius 3 is 2.87 bits per heavy atom. The van der Waals surface area contributed by atoms with Crippen LogP contribution in [-0.2, 0) is 6.54 Å². The molecule has 0 amide bonds. The van der Waals surface area contributed by atoms with Crippen LogP contribution in [0, 0.1) is 5.92 Å². The number of thiophene rings is 1. The average molecular weight is 225 g/mol. The normalized spacial score (nSPS) is 12.9. The number of rotatable bonds is 8. The van der Waals surface area contributed by atoms with Crippen molar-refractivity contribution in [1.82, 2.24) is 5.32 Å². The molecule has 0 saturated heterocycles. The van der Waals surface area contributed by atoms with Gasteiger partial charge in [-0.2, -0.15) is 11.3 Å². The van der Waals surface area contributed by atoms with Gasteiger partial charge in [0.25, 0.3) is 0 Å². The van der Waals surface area contributed by atoms with E-state index in [-0.39, 0.29) is 0 Å². The summed E-state index contributed by atoms with van der Waals surface area (Å²) in [6.45, 7) is 6.77. The van der Waals surface area contributed by atoms with Crippen LogP contribution in [0.4, 0.5) is 0 Å². The standard InChI is InChI=1S/C13H23NS/c1-3-5-6-12(4-2)9-14-10-13-7-8-15-11-13/h7-8,11-12,14H,3-6,9-10H2,1-2H3/t12-/m0/s1. The molecule has 1 aromatic heterocycles. The van der Waals surface area contributed by atoms with Crippen molar-refractivity contribution < 1.29 is 0 Å². The Bertz CT molecular complexity index is 231. The van der Waals surface area contributed by atoms with Gasteiger partial charge in [0, 0.05) is 6.54 Å². The Hall–Kier alpha value is -0.340. The Labute approximate surface area is 97.9 Å². The highest BCUT2D eigenvalue weighted by Gasteiger charge is 2.04. The topological polar surface area (TPSA) is 12.0 Å². The van der Waals surface area contributed by atoms with Crippen LogP contribution in [0.1, 0.15) is 45.1 Å². The Morgan fingerprint density at radius 2 is 2.27 bits per heavy atom. The summed E-state index contributed by atoms with van der Waals surface area (Å²) in [7, 11) is 0. The van der Waals surface area contributed by atoms with Crippen LogP contribution in [0.25, 0.3) is 0 Å². The molecule has 1 nitrogen and oxygen atoms in total. The lowest BCUT2D eigenvalue weighted by molar-refractivity contribution is 0.419. The molecule has 1 rings (SSSR count). The van der Waals surface area contributed by atoms with E-state index in [9.17, 15) is 0 Å². The molecule has 86 valence electrons. The Balaban J connectivity index is 2.11. The molecular weight excluding hydrogens is 202 g/mol. The maximum atomic E-state index is 3.55. The summed E-state index contributed by atoms with van der Waals surface area (Å²) in [5, 5.41) is 7.92. The van der Waals surface area contributed by atoms with Crippen molar-refractivity contribution in [2.75, 3.05) is 6.54 Å². The minimum Gasteiger partial charge on any atom is -0.312 e. The molecule has 1 heterocycles. The Kier molecular flexibility index (Phi) is 6.69. The molecule has 0 aliphatic rings. The molecule has 0 bridgehead atoms. The highest BCUT2D eigenvalue weighted by Crippen LogP contribution is 2.12. The molecule has 0 aliphatic carbocycles. The van der Waals surface area contributed by atoms with Gasteiger partial charge in [-0.05, 0) is 41.3 Å². The predicted octanol–water partition coefficient (Wildman–Crippen LogP) is 4.05. The van der Waals surface area contributed by atoms with Gasteiger partial charge in [0.05, 0.1) is 0 Å². The maximum absolute atomic E-state index is 3.55. The van der Waals surface area contributed by atoms with Gasteiger partial charge in [-0.3, -0.25) is 0 Å². The lowest BCUT2D eigenvalue weighted by Gasteiger charge is -2.14. The van der Waals surface area contributed by atoms with Crippen LogP contribution in [-0.4, -0.2) is 6.54 Å². The van der Waals surface area contributed by atoms with E-state index in [4.69, 9.17) is 0 Å². The van der Waals surface area contributed by atoms with Crippen molar-refractivity contribution >= 4 is 11.3 Å². The molecule has 0 aliphatic heterocycles. The van der Waals surface area contributed by atoms with E-state index in [0.717, 1.165) is 12.5 Å². The number of hydrogen-bond acceptors (Lipinski definition) is 2. The van der Waals surface area contributed by atoms with E-state index in [0.29, 0.717) is 0 Å². The minimum atomic E-state index is 0.864.